The van der Waals surface area contributed by atoms with Crippen molar-refractivity contribution in [1.29, 1.82) is 0 Å². The van der Waals surface area contributed by atoms with E-state index in [4.69, 9.17) is 5.11 Å². The third kappa shape index (κ3) is 4.37. The van der Waals surface area contributed by atoms with E-state index in [0.29, 0.717) is 36.5 Å². The van der Waals surface area contributed by atoms with Crippen LogP contribution in [-0.2, 0) is 28.9 Å². The maximum absolute atomic E-state index is 12.6. The van der Waals surface area contributed by atoms with Crippen LogP contribution in [0.1, 0.15) is 49.4 Å². The van der Waals surface area contributed by atoms with Crippen LogP contribution in [0.4, 0.5) is 0 Å². The maximum Gasteiger partial charge on any atom is 0.323 e. The second kappa shape index (κ2) is 8.21. The fraction of sp³-hybridized carbons (Fsp3) is 0.579. The fourth-order valence-corrected chi connectivity index (χ4v) is 5.02. The molecule has 3 rings (SSSR count). The zero-order chi connectivity index (χ0) is 19.6. The standard InChI is InChI=1S/C19H25N3O4S/c1-3-8-22(10-16(24)25)15(23)7-6-14-20-18(26)17-12-5-4-11(2)9-13(12)27-19(17)21-14/h11H,3-10H2,1-2H3,(H,24,25)(H,20,21,26). The number of aliphatic carboxylic acids is 1. The summed E-state index contributed by atoms with van der Waals surface area (Å²) in [4.78, 5) is 46.6. The number of carboxylic acids is 1. The summed E-state index contributed by atoms with van der Waals surface area (Å²) in [5.41, 5.74) is 1.01. The number of hydrogen-bond donors (Lipinski definition) is 2. The lowest BCUT2D eigenvalue weighted by molar-refractivity contribution is -0.144. The number of rotatable bonds is 7. The SMILES string of the molecule is CCCN(CC(=O)O)C(=O)CCc1nc2sc3c(c2c(=O)[nH]1)CCC(C)C3. The monoisotopic (exact) mass is 391 g/mol. The summed E-state index contributed by atoms with van der Waals surface area (Å²) in [6.07, 6.45) is 4.11. The summed E-state index contributed by atoms with van der Waals surface area (Å²) in [5.74, 6) is -0.149. The molecule has 146 valence electrons. The second-order valence-corrected chi connectivity index (χ2v) is 8.34. The van der Waals surface area contributed by atoms with Gasteiger partial charge in [0.15, 0.2) is 0 Å². The summed E-state index contributed by atoms with van der Waals surface area (Å²) in [6.45, 7) is 4.23. The molecule has 0 bridgehead atoms. The van der Waals surface area contributed by atoms with E-state index in [1.54, 1.807) is 11.3 Å². The van der Waals surface area contributed by atoms with Crippen LogP contribution in [-0.4, -0.2) is 44.9 Å². The quantitative estimate of drug-likeness (QED) is 0.754. The number of aryl methyl sites for hydroxylation is 2. The number of carboxylic acid groups (broad SMARTS) is 1. The highest BCUT2D eigenvalue weighted by molar-refractivity contribution is 7.18. The molecule has 0 spiro atoms. The molecule has 2 aromatic rings. The number of aromatic amines is 1. The lowest BCUT2D eigenvalue weighted by Gasteiger charge is -2.19. The van der Waals surface area contributed by atoms with Gasteiger partial charge < -0.3 is 15.0 Å². The minimum atomic E-state index is -1.02. The maximum atomic E-state index is 12.6. The van der Waals surface area contributed by atoms with E-state index in [1.165, 1.54) is 9.78 Å². The summed E-state index contributed by atoms with van der Waals surface area (Å²) in [7, 11) is 0. The average Bonchev–Trinajstić information content (AvgIpc) is 2.96. The third-order valence-electron chi connectivity index (χ3n) is 4.96. The van der Waals surface area contributed by atoms with Gasteiger partial charge in [0.1, 0.15) is 17.2 Å². The molecule has 0 saturated heterocycles. The highest BCUT2D eigenvalue weighted by atomic mass is 32.1. The van der Waals surface area contributed by atoms with Gasteiger partial charge in [0.05, 0.1) is 5.39 Å². The largest absolute Gasteiger partial charge is 0.480 e. The Kier molecular flexibility index (Phi) is 5.94. The van der Waals surface area contributed by atoms with E-state index in [-0.39, 0.29) is 24.4 Å². The predicted molar refractivity (Wildman–Crippen MR) is 104 cm³/mol. The number of aromatic nitrogens is 2. The van der Waals surface area contributed by atoms with Crippen LogP contribution in [0.15, 0.2) is 4.79 Å². The van der Waals surface area contributed by atoms with Crippen molar-refractivity contribution in [3.8, 4) is 0 Å². The average molecular weight is 391 g/mol. The number of carbonyl (C=O) groups excluding carboxylic acids is 1. The van der Waals surface area contributed by atoms with E-state index in [2.05, 4.69) is 16.9 Å². The lowest BCUT2D eigenvalue weighted by atomic mass is 9.89. The molecule has 27 heavy (non-hydrogen) atoms. The third-order valence-corrected chi connectivity index (χ3v) is 6.11. The second-order valence-electron chi connectivity index (χ2n) is 7.25. The topological polar surface area (TPSA) is 103 Å². The molecule has 2 heterocycles. The molecule has 1 atom stereocenters. The van der Waals surface area contributed by atoms with Crippen LogP contribution >= 0.6 is 11.3 Å². The molecule has 7 nitrogen and oxygen atoms in total. The highest BCUT2D eigenvalue weighted by Gasteiger charge is 2.23. The number of nitrogens with one attached hydrogen (secondary N) is 1. The highest BCUT2D eigenvalue weighted by Crippen LogP contribution is 2.35. The molecule has 1 aliphatic rings. The molecular formula is C19H25N3O4S. The first-order chi connectivity index (χ1) is 12.9. The zero-order valence-electron chi connectivity index (χ0n) is 15.7. The van der Waals surface area contributed by atoms with Crippen molar-refractivity contribution < 1.29 is 14.7 Å². The van der Waals surface area contributed by atoms with E-state index in [1.807, 2.05) is 6.92 Å². The van der Waals surface area contributed by atoms with Crippen molar-refractivity contribution in [2.24, 2.45) is 5.92 Å². The number of hydrogen-bond acceptors (Lipinski definition) is 5. The van der Waals surface area contributed by atoms with Crippen molar-refractivity contribution in [3.05, 3.63) is 26.6 Å². The van der Waals surface area contributed by atoms with Crippen LogP contribution in [0, 0.1) is 5.92 Å². The van der Waals surface area contributed by atoms with Gasteiger partial charge in [-0.15, -0.1) is 11.3 Å². The Balaban J connectivity index is 1.77. The Hall–Kier alpha value is -2.22. The molecule has 8 heteroatoms. The van der Waals surface area contributed by atoms with Gasteiger partial charge in [0, 0.05) is 24.3 Å². The Morgan fingerprint density at radius 1 is 1.41 bits per heavy atom. The number of H-pyrrole nitrogens is 1. The van der Waals surface area contributed by atoms with E-state index in [9.17, 15) is 14.4 Å². The molecule has 2 aromatic heterocycles. The predicted octanol–water partition coefficient (Wildman–Crippen LogP) is 2.37. The fourth-order valence-electron chi connectivity index (χ4n) is 3.62. The number of thiophene rings is 1. The van der Waals surface area contributed by atoms with Crippen molar-refractivity contribution in [2.45, 2.75) is 52.4 Å². The van der Waals surface area contributed by atoms with E-state index in [0.717, 1.165) is 29.7 Å². The van der Waals surface area contributed by atoms with Crippen LogP contribution in [0.25, 0.3) is 10.2 Å². The molecule has 1 unspecified atom stereocenters. The number of carbonyl (C=O) groups is 2. The van der Waals surface area contributed by atoms with E-state index < -0.39 is 5.97 Å². The Labute approximate surface area is 161 Å². The van der Waals surface area contributed by atoms with Gasteiger partial charge >= 0.3 is 5.97 Å². The van der Waals surface area contributed by atoms with Gasteiger partial charge in [-0.2, -0.15) is 0 Å². The summed E-state index contributed by atoms with van der Waals surface area (Å²) in [6, 6.07) is 0. The first-order valence-electron chi connectivity index (χ1n) is 9.42. The number of amides is 1. The van der Waals surface area contributed by atoms with Gasteiger partial charge in [-0.05, 0) is 37.2 Å². The Bertz CT molecular complexity index is 918. The lowest BCUT2D eigenvalue weighted by Crippen LogP contribution is -2.36. The molecular weight excluding hydrogens is 366 g/mol. The molecule has 2 N–H and O–H groups in total. The van der Waals surface area contributed by atoms with Crippen molar-refractivity contribution in [3.63, 3.8) is 0 Å². The van der Waals surface area contributed by atoms with Gasteiger partial charge in [0.25, 0.3) is 5.56 Å². The van der Waals surface area contributed by atoms with Crippen LogP contribution in [0.5, 0.6) is 0 Å². The molecule has 0 radical (unpaired) electrons. The van der Waals surface area contributed by atoms with Crippen LogP contribution in [0.2, 0.25) is 0 Å². The van der Waals surface area contributed by atoms with Crippen LogP contribution in [0.3, 0.4) is 0 Å². The minimum Gasteiger partial charge on any atom is -0.480 e. The minimum absolute atomic E-state index is 0.129. The molecule has 1 amide bonds. The zero-order valence-corrected chi connectivity index (χ0v) is 16.5. The Morgan fingerprint density at radius 2 is 2.19 bits per heavy atom. The molecule has 0 saturated carbocycles. The van der Waals surface area contributed by atoms with Gasteiger partial charge in [-0.3, -0.25) is 14.4 Å². The van der Waals surface area contributed by atoms with Gasteiger partial charge in [-0.1, -0.05) is 13.8 Å². The number of nitrogens with zero attached hydrogens (tertiary/aromatic N) is 2. The summed E-state index contributed by atoms with van der Waals surface area (Å²) >= 11 is 1.58. The Morgan fingerprint density at radius 3 is 2.89 bits per heavy atom. The summed E-state index contributed by atoms with van der Waals surface area (Å²) < 4.78 is 0. The van der Waals surface area contributed by atoms with E-state index >= 15 is 0 Å². The molecule has 0 aliphatic heterocycles. The van der Waals surface area contributed by atoms with Crippen LogP contribution < -0.4 is 5.56 Å². The van der Waals surface area contributed by atoms with Crippen molar-refractivity contribution in [2.75, 3.05) is 13.1 Å². The molecule has 0 fully saturated rings. The molecule has 0 aromatic carbocycles. The normalized spacial score (nSPS) is 16.3. The van der Waals surface area contributed by atoms with Crippen molar-refractivity contribution in [1.82, 2.24) is 14.9 Å². The number of fused-ring (bicyclic) bond motifs is 3. The molecule has 1 aliphatic carbocycles. The van der Waals surface area contributed by atoms with Crippen molar-refractivity contribution >= 4 is 33.4 Å². The van der Waals surface area contributed by atoms with Gasteiger partial charge in [0.2, 0.25) is 5.91 Å². The summed E-state index contributed by atoms with van der Waals surface area (Å²) in [5, 5.41) is 9.65. The van der Waals surface area contributed by atoms with Gasteiger partial charge in [-0.25, -0.2) is 4.98 Å². The first-order valence-corrected chi connectivity index (χ1v) is 10.2. The first kappa shape index (κ1) is 19.5. The smallest absolute Gasteiger partial charge is 0.323 e.